The van der Waals surface area contributed by atoms with Gasteiger partial charge in [0.2, 0.25) is 0 Å². The SMILES string of the molecule is C/C=C(\c1c(CCCCc2cc(F)cc(F)c2)ncnc1N1CCN(C(=O)OC(C)(C)C)[C@H](CF)C1)C1CC1. The molecular weight excluding hydrogens is 505 g/mol. The number of halogens is 3. The smallest absolute Gasteiger partial charge is 0.410 e. The molecule has 1 saturated carbocycles. The summed E-state index contributed by atoms with van der Waals surface area (Å²) in [5.41, 5.74) is 3.12. The molecule has 1 atom stereocenters. The van der Waals surface area contributed by atoms with E-state index in [1.54, 1.807) is 27.1 Å². The predicted octanol–water partition coefficient (Wildman–Crippen LogP) is 6.53. The molecule has 0 bridgehead atoms. The number of piperazine rings is 1. The third-order valence-electron chi connectivity index (χ3n) is 7.16. The molecule has 2 fully saturated rings. The third-order valence-corrected chi connectivity index (χ3v) is 7.16. The fourth-order valence-corrected chi connectivity index (χ4v) is 5.23. The van der Waals surface area contributed by atoms with E-state index in [2.05, 4.69) is 20.9 Å². The Bertz CT molecular complexity index is 1170. The Morgan fingerprint density at radius 1 is 1.08 bits per heavy atom. The number of aryl methyl sites for hydroxylation is 2. The molecule has 1 aromatic heterocycles. The standard InChI is InChI=1S/C30H39F3N4O2/c1-5-25(21-10-11-21)27-26(9-7-6-8-20-14-22(32)16-23(33)15-20)34-19-35-28(27)36-12-13-37(24(17-31)18-36)29(38)39-30(2,3)4/h5,14-16,19,21,24H,6-13,17-18H2,1-4H3/b25-5-/t24-/m1/s1. The number of nitrogens with zero attached hydrogens (tertiary/aromatic N) is 4. The van der Waals surface area contributed by atoms with Crippen LogP contribution in [0.4, 0.5) is 23.8 Å². The first-order valence-electron chi connectivity index (χ1n) is 13.9. The average Bonchev–Trinajstić information content (AvgIpc) is 3.71. The number of carbonyl (C=O) groups is 1. The van der Waals surface area contributed by atoms with Crippen LogP contribution in [0.15, 0.2) is 30.6 Å². The lowest BCUT2D eigenvalue weighted by Gasteiger charge is -2.41. The zero-order valence-corrected chi connectivity index (χ0v) is 23.4. The summed E-state index contributed by atoms with van der Waals surface area (Å²) < 4.78 is 46.8. The largest absolute Gasteiger partial charge is 0.444 e. The molecule has 1 aromatic carbocycles. The van der Waals surface area contributed by atoms with Crippen LogP contribution in [0, 0.1) is 17.6 Å². The van der Waals surface area contributed by atoms with E-state index in [0.29, 0.717) is 44.0 Å². The fourth-order valence-electron chi connectivity index (χ4n) is 5.23. The van der Waals surface area contributed by atoms with E-state index in [4.69, 9.17) is 4.74 Å². The van der Waals surface area contributed by atoms with Crippen molar-refractivity contribution in [3.05, 3.63) is 59.1 Å². The van der Waals surface area contributed by atoms with Crippen LogP contribution in [-0.4, -0.2) is 58.9 Å². The van der Waals surface area contributed by atoms with E-state index >= 15 is 0 Å². The minimum atomic E-state index is -0.678. The number of amides is 1. The van der Waals surface area contributed by atoms with Gasteiger partial charge in [-0.2, -0.15) is 0 Å². The molecule has 0 N–H and O–H groups in total. The summed E-state index contributed by atoms with van der Waals surface area (Å²) in [7, 11) is 0. The van der Waals surface area contributed by atoms with E-state index in [1.807, 2.05) is 6.92 Å². The number of alkyl halides is 1. The fraction of sp³-hybridized carbons (Fsp3) is 0.567. The zero-order chi connectivity index (χ0) is 28.2. The molecule has 1 amide bonds. The number of unbranched alkanes of at least 4 members (excludes halogenated alkanes) is 1. The molecule has 0 spiro atoms. The van der Waals surface area contributed by atoms with Crippen molar-refractivity contribution in [1.82, 2.24) is 14.9 Å². The number of anilines is 1. The Labute approximate surface area is 229 Å². The Morgan fingerprint density at radius 2 is 1.77 bits per heavy atom. The molecule has 212 valence electrons. The Kier molecular flexibility index (Phi) is 9.18. The summed E-state index contributed by atoms with van der Waals surface area (Å²) in [6.07, 6.45) is 8.22. The summed E-state index contributed by atoms with van der Waals surface area (Å²) in [6.45, 7) is 7.90. The van der Waals surface area contributed by atoms with Gasteiger partial charge in [0.25, 0.3) is 0 Å². The highest BCUT2D eigenvalue weighted by molar-refractivity contribution is 5.79. The van der Waals surface area contributed by atoms with Crippen LogP contribution < -0.4 is 4.90 Å². The van der Waals surface area contributed by atoms with Gasteiger partial charge in [0.05, 0.1) is 11.7 Å². The molecular formula is C30H39F3N4O2. The number of allylic oxidation sites excluding steroid dienone is 2. The van der Waals surface area contributed by atoms with E-state index in [1.165, 1.54) is 22.6 Å². The van der Waals surface area contributed by atoms with Crippen molar-refractivity contribution < 1.29 is 22.7 Å². The van der Waals surface area contributed by atoms with Crippen molar-refractivity contribution in [2.45, 2.75) is 77.9 Å². The first-order chi connectivity index (χ1) is 18.6. The average molecular weight is 545 g/mol. The van der Waals surface area contributed by atoms with Gasteiger partial charge in [-0.05, 0) is 95.4 Å². The molecule has 2 aromatic rings. The molecule has 1 aliphatic carbocycles. The lowest BCUT2D eigenvalue weighted by molar-refractivity contribution is 0.0113. The molecule has 1 aliphatic heterocycles. The van der Waals surface area contributed by atoms with Gasteiger partial charge in [-0.25, -0.2) is 27.9 Å². The van der Waals surface area contributed by atoms with E-state index in [0.717, 1.165) is 48.8 Å². The van der Waals surface area contributed by atoms with Gasteiger partial charge in [0.1, 0.15) is 36.1 Å². The number of aromatic nitrogens is 2. The lowest BCUT2D eigenvalue weighted by atomic mass is 9.95. The molecule has 2 heterocycles. The van der Waals surface area contributed by atoms with Crippen LogP contribution in [0.3, 0.4) is 0 Å². The van der Waals surface area contributed by atoms with Gasteiger partial charge in [-0.1, -0.05) is 6.08 Å². The van der Waals surface area contributed by atoms with Crippen LogP contribution in [-0.2, 0) is 17.6 Å². The summed E-state index contributed by atoms with van der Waals surface area (Å²) in [6, 6.07) is 3.00. The molecule has 6 nitrogen and oxygen atoms in total. The monoisotopic (exact) mass is 544 g/mol. The molecule has 2 aliphatic rings. The van der Waals surface area contributed by atoms with E-state index < -0.39 is 36.0 Å². The zero-order valence-electron chi connectivity index (χ0n) is 23.4. The van der Waals surface area contributed by atoms with Crippen molar-refractivity contribution in [3.8, 4) is 0 Å². The van der Waals surface area contributed by atoms with Gasteiger partial charge >= 0.3 is 6.09 Å². The van der Waals surface area contributed by atoms with Crippen molar-refractivity contribution in [3.63, 3.8) is 0 Å². The van der Waals surface area contributed by atoms with Crippen LogP contribution >= 0.6 is 0 Å². The molecule has 4 rings (SSSR count). The maximum atomic E-state index is 14.2. The van der Waals surface area contributed by atoms with Gasteiger partial charge in [0, 0.05) is 31.3 Å². The second kappa shape index (κ2) is 12.4. The minimum Gasteiger partial charge on any atom is -0.444 e. The van der Waals surface area contributed by atoms with E-state index in [9.17, 15) is 18.0 Å². The highest BCUT2D eigenvalue weighted by atomic mass is 19.1. The number of benzene rings is 1. The number of rotatable bonds is 9. The van der Waals surface area contributed by atoms with Gasteiger partial charge in [-0.15, -0.1) is 0 Å². The highest BCUT2D eigenvalue weighted by Crippen LogP contribution is 2.45. The predicted molar refractivity (Wildman–Crippen MR) is 146 cm³/mol. The first kappa shape index (κ1) is 28.9. The van der Waals surface area contributed by atoms with Crippen molar-refractivity contribution in [1.29, 1.82) is 0 Å². The van der Waals surface area contributed by atoms with Crippen molar-refractivity contribution >= 4 is 17.5 Å². The summed E-state index contributed by atoms with van der Waals surface area (Å²) >= 11 is 0. The molecule has 0 unspecified atom stereocenters. The number of hydrogen-bond acceptors (Lipinski definition) is 5. The maximum absolute atomic E-state index is 14.2. The van der Waals surface area contributed by atoms with Gasteiger partial charge < -0.3 is 9.64 Å². The summed E-state index contributed by atoms with van der Waals surface area (Å²) in [5.74, 6) is 0.102. The highest BCUT2D eigenvalue weighted by Gasteiger charge is 2.36. The van der Waals surface area contributed by atoms with Gasteiger partial charge in [0.15, 0.2) is 0 Å². The van der Waals surface area contributed by atoms with Crippen LogP contribution in [0.25, 0.3) is 5.57 Å². The number of carbonyl (C=O) groups excluding carboxylic acids is 1. The lowest BCUT2D eigenvalue weighted by Crippen LogP contribution is -2.57. The minimum absolute atomic E-state index is 0.312. The Balaban J connectivity index is 1.52. The summed E-state index contributed by atoms with van der Waals surface area (Å²) in [5, 5.41) is 0. The van der Waals surface area contributed by atoms with Crippen LogP contribution in [0.5, 0.6) is 0 Å². The quantitative estimate of drug-likeness (QED) is 0.336. The second-order valence-electron chi connectivity index (χ2n) is 11.4. The third kappa shape index (κ3) is 7.51. The maximum Gasteiger partial charge on any atom is 0.410 e. The summed E-state index contributed by atoms with van der Waals surface area (Å²) in [4.78, 5) is 25.6. The van der Waals surface area contributed by atoms with Crippen LogP contribution in [0.1, 0.15) is 70.2 Å². The van der Waals surface area contributed by atoms with Crippen LogP contribution in [0.2, 0.25) is 0 Å². The number of ether oxygens (including phenoxy) is 1. The van der Waals surface area contributed by atoms with Gasteiger partial charge in [-0.3, -0.25) is 4.90 Å². The van der Waals surface area contributed by atoms with Crippen molar-refractivity contribution in [2.75, 3.05) is 31.2 Å². The molecule has 9 heteroatoms. The number of hydrogen-bond donors (Lipinski definition) is 0. The molecule has 39 heavy (non-hydrogen) atoms. The molecule has 1 saturated heterocycles. The normalized spacial score (nSPS) is 18.4. The second-order valence-corrected chi connectivity index (χ2v) is 11.4. The Hall–Kier alpha value is -3.10. The molecule has 0 radical (unpaired) electrons. The first-order valence-corrected chi connectivity index (χ1v) is 13.9. The van der Waals surface area contributed by atoms with Crippen molar-refractivity contribution in [2.24, 2.45) is 5.92 Å². The van der Waals surface area contributed by atoms with E-state index in [-0.39, 0.29) is 0 Å². The Morgan fingerprint density at radius 3 is 2.38 bits per heavy atom. The topological polar surface area (TPSA) is 58.6 Å².